The molecule has 6 nitrogen and oxygen atoms in total. The molecule has 0 aliphatic rings. The molecule has 0 spiro atoms. The molecule has 0 fully saturated rings. The minimum atomic E-state index is 0.389. The molecule has 2 N–H and O–H groups in total. The first-order chi connectivity index (χ1) is 5.45. The maximum atomic E-state index is 5.09. The van der Waals surface area contributed by atoms with Crippen LogP contribution in [0.5, 0.6) is 11.9 Å². The highest BCUT2D eigenvalue weighted by molar-refractivity contribution is 5.07. The van der Waals surface area contributed by atoms with Crippen LogP contribution < -0.4 is 4.74 Å². The fourth-order valence-corrected chi connectivity index (χ4v) is 0.647. The summed E-state index contributed by atoms with van der Waals surface area (Å²) in [6, 6.07) is 0.402. The molecule has 0 aliphatic heterocycles. The van der Waals surface area contributed by atoms with Gasteiger partial charge in [0.25, 0.3) is 5.88 Å². The van der Waals surface area contributed by atoms with Gasteiger partial charge in [0.2, 0.25) is 0 Å². The van der Waals surface area contributed by atoms with Crippen LogP contribution in [0.25, 0.3) is 0 Å². The summed E-state index contributed by atoms with van der Waals surface area (Å²) in [5.41, 5.74) is 0. The van der Waals surface area contributed by atoms with E-state index in [4.69, 9.17) is 4.74 Å². The molecule has 2 aromatic heterocycles. The van der Waals surface area contributed by atoms with E-state index in [-0.39, 0.29) is 0 Å². The molecule has 0 aliphatic carbocycles. The number of rotatable bonds is 2. The van der Waals surface area contributed by atoms with E-state index in [0.29, 0.717) is 11.9 Å². The van der Waals surface area contributed by atoms with Gasteiger partial charge in [0.15, 0.2) is 0 Å². The predicted molar refractivity (Wildman–Crippen MR) is 35.0 cm³/mol. The highest BCUT2D eigenvalue weighted by Gasteiger charge is 1.98. The molecule has 6 heteroatoms. The minimum absolute atomic E-state index is 0.389. The molecule has 0 atom stereocenters. The van der Waals surface area contributed by atoms with E-state index in [1.54, 1.807) is 12.4 Å². The zero-order chi connectivity index (χ0) is 7.52. The van der Waals surface area contributed by atoms with Crippen molar-refractivity contribution in [2.45, 2.75) is 0 Å². The van der Waals surface area contributed by atoms with Gasteiger partial charge >= 0.3 is 6.01 Å². The van der Waals surface area contributed by atoms with Crippen LogP contribution in [0.1, 0.15) is 0 Å². The van der Waals surface area contributed by atoms with Crippen LogP contribution >= 0.6 is 0 Å². The van der Waals surface area contributed by atoms with Crippen molar-refractivity contribution in [1.82, 2.24) is 25.4 Å². The lowest BCUT2D eigenvalue weighted by atomic mass is 10.8. The number of aromatic amines is 2. The van der Waals surface area contributed by atoms with Gasteiger partial charge in [0.05, 0.1) is 6.20 Å². The normalized spacial score (nSPS) is 9.82. The standard InChI is InChI=1S/C5H5N5O/c1-2-7-5(6-1)11-4-3-8-10-9-4/h1-3H,(H,6,7)(H,8,9,10). The largest absolute Gasteiger partial charge is 0.403 e. The highest BCUT2D eigenvalue weighted by Crippen LogP contribution is 2.10. The van der Waals surface area contributed by atoms with Gasteiger partial charge in [-0.3, -0.25) is 5.10 Å². The monoisotopic (exact) mass is 151 g/mol. The van der Waals surface area contributed by atoms with Crippen molar-refractivity contribution < 1.29 is 4.74 Å². The Morgan fingerprint density at radius 1 is 1.45 bits per heavy atom. The summed E-state index contributed by atoms with van der Waals surface area (Å²) < 4.78 is 5.09. The van der Waals surface area contributed by atoms with Crippen LogP contribution in [0, 0.1) is 0 Å². The van der Waals surface area contributed by atoms with Crippen LogP contribution in [-0.2, 0) is 0 Å². The van der Waals surface area contributed by atoms with Crippen molar-refractivity contribution >= 4 is 0 Å². The third-order valence-corrected chi connectivity index (χ3v) is 1.07. The van der Waals surface area contributed by atoms with Crippen molar-refractivity contribution in [1.29, 1.82) is 0 Å². The summed E-state index contributed by atoms with van der Waals surface area (Å²) >= 11 is 0. The molecule has 0 unspecified atom stereocenters. The number of hydrogen-bond acceptors (Lipinski definition) is 4. The Bertz CT molecular complexity index is 267. The molecule has 0 saturated carbocycles. The number of aromatic nitrogens is 5. The van der Waals surface area contributed by atoms with Crippen LogP contribution in [0.4, 0.5) is 0 Å². The average molecular weight is 151 g/mol. The van der Waals surface area contributed by atoms with E-state index >= 15 is 0 Å². The Labute approximate surface area is 61.6 Å². The number of hydrogen-bond donors (Lipinski definition) is 2. The third-order valence-electron chi connectivity index (χ3n) is 1.07. The van der Waals surface area contributed by atoms with Gasteiger partial charge in [-0.2, -0.15) is 0 Å². The lowest BCUT2D eigenvalue weighted by Gasteiger charge is -1.92. The van der Waals surface area contributed by atoms with Crippen LogP contribution in [-0.4, -0.2) is 25.4 Å². The summed E-state index contributed by atoms with van der Waals surface area (Å²) in [6.07, 6.45) is 4.79. The number of nitrogens with one attached hydrogen (secondary N) is 2. The summed E-state index contributed by atoms with van der Waals surface area (Å²) in [6.45, 7) is 0. The fourth-order valence-electron chi connectivity index (χ4n) is 0.647. The lowest BCUT2D eigenvalue weighted by molar-refractivity contribution is 0.429. The van der Waals surface area contributed by atoms with Crippen molar-refractivity contribution in [3.8, 4) is 11.9 Å². The van der Waals surface area contributed by atoms with Crippen LogP contribution in [0.3, 0.4) is 0 Å². The second-order valence-corrected chi connectivity index (χ2v) is 1.81. The first-order valence-corrected chi connectivity index (χ1v) is 2.99. The maximum absolute atomic E-state index is 5.09. The quantitative estimate of drug-likeness (QED) is 0.647. The molecular weight excluding hydrogens is 146 g/mol. The first-order valence-electron chi connectivity index (χ1n) is 2.99. The second-order valence-electron chi connectivity index (χ2n) is 1.81. The molecule has 0 radical (unpaired) electrons. The number of nitrogens with zero attached hydrogens (tertiary/aromatic N) is 3. The molecule has 56 valence electrons. The van der Waals surface area contributed by atoms with E-state index in [9.17, 15) is 0 Å². The molecule has 11 heavy (non-hydrogen) atoms. The second kappa shape index (κ2) is 2.41. The topological polar surface area (TPSA) is 79.5 Å². The molecule has 0 bridgehead atoms. The van der Waals surface area contributed by atoms with Crippen molar-refractivity contribution in [3.63, 3.8) is 0 Å². The zero-order valence-electron chi connectivity index (χ0n) is 5.48. The summed E-state index contributed by atoms with van der Waals surface area (Å²) in [5.74, 6) is 0.389. The van der Waals surface area contributed by atoms with E-state index < -0.39 is 0 Å². The highest BCUT2D eigenvalue weighted by atomic mass is 16.5. The van der Waals surface area contributed by atoms with Gasteiger partial charge in [0.1, 0.15) is 0 Å². The first kappa shape index (κ1) is 5.90. The Kier molecular flexibility index (Phi) is 1.29. The molecule has 0 aromatic carbocycles. The van der Waals surface area contributed by atoms with Crippen LogP contribution in [0.15, 0.2) is 18.6 Å². The van der Waals surface area contributed by atoms with Crippen molar-refractivity contribution in [2.75, 3.05) is 0 Å². The van der Waals surface area contributed by atoms with E-state index in [1.807, 2.05) is 0 Å². The maximum Gasteiger partial charge on any atom is 0.300 e. The summed E-state index contributed by atoms with van der Waals surface area (Å²) in [5, 5.41) is 9.58. The number of imidazole rings is 1. The molecule has 0 amide bonds. The summed E-state index contributed by atoms with van der Waals surface area (Å²) in [7, 11) is 0. The Hall–Kier alpha value is -1.85. The Balaban J connectivity index is 2.14. The van der Waals surface area contributed by atoms with Gasteiger partial charge < -0.3 is 9.72 Å². The fraction of sp³-hybridized carbons (Fsp3) is 0. The summed E-state index contributed by atoms with van der Waals surface area (Å²) in [4.78, 5) is 6.59. The zero-order valence-corrected chi connectivity index (χ0v) is 5.48. The number of H-pyrrole nitrogens is 2. The van der Waals surface area contributed by atoms with Gasteiger partial charge in [-0.15, -0.1) is 0 Å². The SMILES string of the molecule is c1c[nH]c(Oc2c[nH]nn2)n1. The lowest BCUT2D eigenvalue weighted by Crippen LogP contribution is -1.85. The number of ether oxygens (including phenoxy) is 1. The van der Waals surface area contributed by atoms with E-state index in [0.717, 1.165) is 0 Å². The van der Waals surface area contributed by atoms with Crippen LogP contribution in [0.2, 0.25) is 0 Å². The molecule has 2 heterocycles. The molecule has 2 rings (SSSR count). The molecule has 2 aromatic rings. The van der Waals surface area contributed by atoms with Gasteiger partial charge in [-0.25, -0.2) is 4.98 Å². The van der Waals surface area contributed by atoms with E-state index in [1.165, 1.54) is 6.20 Å². The van der Waals surface area contributed by atoms with E-state index in [2.05, 4.69) is 25.4 Å². The van der Waals surface area contributed by atoms with Gasteiger partial charge in [-0.1, -0.05) is 10.3 Å². The predicted octanol–water partition coefficient (Wildman–Crippen LogP) is 0.320. The van der Waals surface area contributed by atoms with Gasteiger partial charge in [-0.05, 0) is 0 Å². The Morgan fingerprint density at radius 2 is 2.45 bits per heavy atom. The molecule has 0 saturated heterocycles. The average Bonchev–Trinajstić information content (AvgIpc) is 2.60. The van der Waals surface area contributed by atoms with Crippen molar-refractivity contribution in [3.05, 3.63) is 18.6 Å². The smallest absolute Gasteiger partial charge is 0.300 e. The molecular formula is C5H5N5O. The van der Waals surface area contributed by atoms with Crippen molar-refractivity contribution in [2.24, 2.45) is 0 Å². The van der Waals surface area contributed by atoms with Gasteiger partial charge in [0, 0.05) is 12.4 Å². The Morgan fingerprint density at radius 3 is 3.09 bits per heavy atom. The minimum Gasteiger partial charge on any atom is -0.403 e. The third kappa shape index (κ3) is 1.18.